The Balaban J connectivity index is 1.90. The molecule has 1 unspecified atom stereocenters. The highest BCUT2D eigenvalue weighted by Crippen LogP contribution is 2.27. The Morgan fingerprint density at radius 2 is 1.89 bits per heavy atom. The van der Waals surface area contributed by atoms with Crippen molar-refractivity contribution in [1.82, 2.24) is 0 Å². The monoisotopic (exact) mass is 270 g/mol. The minimum Gasteiger partial charge on any atom is -0.367 e. The first-order valence-electron chi connectivity index (χ1n) is 6.14. The van der Waals surface area contributed by atoms with E-state index in [2.05, 4.69) is 6.92 Å². The van der Waals surface area contributed by atoms with Crippen LogP contribution in [0.15, 0.2) is 29.2 Å². The molecule has 100 valence electrons. The van der Waals surface area contributed by atoms with Crippen LogP contribution in [0.2, 0.25) is 0 Å². The highest BCUT2D eigenvalue weighted by molar-refractivity contribution is 7.86. The molecule has 1 saturated heterocycles. The summed E-state index contributed by atoms with van der Waals surface area (Å²) in [4.78, 5) is 0.195. The number of hydrogen-bond acceptors (Lipinski definition) is 4. The summed E-state index contributed by atoms with van der Waals surface area (Å²) in [7, 11) is -3.65. The largest absolute Gasteiger partial charge is 0.367 e. The lowest BCUT2D eigenvalue weighted by Gasteiger charge is -2.04. The van der Waals surface area contributed by atoms with Crippen molar-refractivity contribution in [3.05, 3.63) is 29.8 Å². The van der Waals surface area contributed by atoms with Gasteiger partial charge in [-0.05, 0) is 25.5 Å². The van der Waals surface area contributed by atoms with Gasteiger partial charge in [-0.2, -0.15) is 8.42 Å². The molecule has 0 saturated carbocycles. The van der Waals surface area contributed by atoms with Crippen LogP contribution in [0.25, 0.3) is 0 Å². The van der Waals surface area contributed by atoms with Gasteiger partial charge in [0.05, 0.1) is 17.6 Å². The van der Waals surface area contributed by atoms with Gasteiger partial charge in [0.2, 0.25) is 0 Å². The quantitative estimate of drug-likeness (QED) is 0.588. The van der Waals surface area contributed by atoms with Crippen LogP contribution >= 0.6 is 0 Å². The predicted octanol–water partition coefficient (Wildman–Crippen LogP) is 2.27. The Morgan fingerprint density at radius 1 is 1.22 bits per heavy atom. The first-order valence-corrected chi connectivity index (χ1v) is 7.55. The average molecular weight is 270 g/mol. The number of hydrogen-bond donors (Lipinski definition) is 0. The maximum Gasteiger partial charge on any atom is 0.297 e. The fourth-order valence-corrected chi connectivity index (χ4v) is 2.71. The van der Waals surface area contributed by atoms with Crippen LogP contribution in [0.3, 0.4) is 0 Å². The second-order valence-corrected chi connectivity index (χ2v) is 6.17. The molecule has 5 heteroatoms. The second-order valence-electron chi connectivity index (χ2n) is 4.55. The molecule has 0 radical (unpaired) electrons. The molecule has 0 bridgehead atoms. The van der Waals surface area contributed by atoms with E-state index < -0.39 is 10.1 Å². The second kappa shape index (κ2) is 5.38. The fourth-order valence-electron chi connectivity index (χ4n) is 1.79. The molecule has 1 aromatic carbocycles. The van der Waals surface area contributed by atoms with Gasteiger partial charge in [0, 0.05) is 0 Å². The van der Waals surface area contributed by atoms with Gasteiger partial charge in [-0.1, -0.05) is 31.0 Å². The Labute approximate surface area is 108 Å². The Kier molecular flexibility index (Phi) is 4.04. The van der Waals surface area contributed by atoms with Crippen molar-refractivity contribution in [3.63, 3.8) is 0 Å². The topological polar surface area (TPSA) is 55.9 Å². The van der Waals surface area contributed by atoms with Crippen LogP contribution in [0.5, 0.6) is 0 Å². The van der Waals surface area contributed by atoms with Gasteiger partial charge in [0.1, 0.15) is 6.10 Å². The van der Waals surface area contributed by atoms with E-state index >= 15 is 0 Å². The first kappa shape index (κ1) is 13.5. The molecule has 18 heavy (non-hydrogen) atoms. The molecule has 1 aliphatic rings. The lowest BCUT2D eigenvalue weighted by molar-refractivity contribution is 0.263. The molecule has 2 atom stereocenters. The summed E-state index contributed by atoms with van der Waals surface area (Å²) in [5.41, 5.74) is 1.02. The summed E-state index contributed by atoms with van der Waals surface area (Å²) >= 11 is 0. The van der Waals surface area contributed by atoms with Gasteiger partial charge in [-0.25, -0.2) is 0 Å². The molecule has 0 aliphatic carbocycles. The van der Waals surface area contributed by atoms with Crippen molar-refractivity contribution in [3.8, 4) is 0 Å². The third-order valence-corrected chi connectivity index (χ3v) is 4.25. The summed E-state index contributed by atoms with van der Waals surface area (Å²) < 4.78 is 34.0. The number of aryl methyl sites for hydroxylation is 1. The van der Waals surface area contributed by atoms with Crippen LogP contribution in [0.1, 0.15) is 25.3 Å². The summed E-state index contributed by atoms with van der Waals surface area (Å²) in [6.07, 6.45) is 2.10. The predicted molar refractivity (Wildman–Crippen MR) is 67.9 cm³/mol. The first-order chi connectivity index (χ1) is 8.53. The molecule has 4 nitrogen and oxygen atoms in total. The van der Waals surface area contributed by atoms with Gasteiger partial charge in [0.25, 0.3) is 10.1 Å². The summed E-state index contributed by atoms with van der Waals surface area (Å²) in [5, 5.41) is 0. The van der Waals surface area contributed by atoms with Crippen molar-refractivity contribution < 1.29 is 17.3 Å². The van der Waals surface area contributed by atoms with Crippen molar-refractivity contribution in [2.75, 3.05) is 6.61 Å². The van der Waals surface area contributed by atoms with Crippen LogP contribution in [-0.4, -0.2) is 27.2 Å². The van der Waals surface area contributed by atoms with Crippen molar-refractivity contribution >= 4 is 10.1 Å². The molecule has 1 fully saturated rings. The van der Waals surface area contributed by atoms with Gasteiger partial charge in [-0.3, -0.25) is 4.18 Å². The van der Waals surface area contributed by atoms with E-state index in [1.165, 1.54) is 0 Å². The van der Waals surface area contributed by atoms with E-state index in [1.54, 1.807) is 24.3 Å². The van der Waals surface area contributed by atoms with E-state index in [9.17, 15) is 8.42 Å². The number of rotatable bonds is 6. The van der Waals surface area contributed by atoms with Gasteiger partial charge in [0.15, 0.2) is 0 Å². The van der Waals surface area contributed by atoms with E-state index in [0.29, 0.717) is 0 Å². The fraction of sp³-hybridized carbons (Fsp3) is 0.538. The zero-order valence-corrected chi connectivity index (χ0v) is 11.4. The summed E-state index contributed by atoms with van der Waals surface area (Å²) in [6, 6.07) is 6.62. The third kappa shape index (κ3) is 3.31. The highest BCUT2D eigenvalue weighted by Gasteiger charge is 2.39. The molecule has 0 aromatic heterocycles. The third-order valence-electron chi connectivity index (χ3n) is 2.96. The van der Waals surface area contributed by atoms with Gasteiger partial charge >= 0.3 is 0 Å². The van der Waals surface area contributed by atoms with Crippen LogP contribution in [-0.2, 0) is 19.0 Å². The molecule has 0 amide bonds. The maximum atomic E-state index is 11.9. The Hall–Kier alpha value is -0.910. The Morgan fingerprint density at radius 3 is 2.50 bits per heavy atom. The standard InChI is InChI=1S/C13H18O4S/c1-3-4-12-13(17-12)9-16-18(14,15)11-7-5-10(2)6-8-11/h5-8,12-13H,3-4,9H2,1-2H3/t12-,13?/m1/s1. The molecular weight excluding hydrogens is 252 g/mol. The molecular formula is C13H18O4S. The smallest absolute Gasteiger partial charge is 0.297 e. The van der Waals surface area contributed by atoms with Crippen molar-refractivity contribution in [2.45, 2.75) is 43.8 Å². The lowest BCUT2D eigenvalue weighted by atomic mass is 10.2. The van der Waals surface area contributed by atoms with Crippen molar-refractivity contribution in [1.29, 1.82) is 0 Å². The minimum atomic E-state index is -3.65. The highest BCUT2D eigenvalue weighted by atomic mass is 32.2. The molecule has 0 N–H and O–H groups in total. The molecule has 1 heterocycles. The van der Waals surface area contributed by atoms with Crippen LogP contribution < -0.4 is 0 Å². The minimum absolute atomic E-state index is 0.0647. The number of ether oxygens (including phenoxy) is 1. The number of epoxide rings is 1. The zero-order valence-electron chi connectivity index (χ0n) is 10.6. The van der Waals surface area contributed by atoms with E-state index in [-0.39, 0.29) is 23.7 Å². The van der Waals surface area contributed by atoms with E-state index in [4.69, 9.17) is 8.92 Å². The number of benzene rings is 1. The van der Waals surface area contributed by atoms with Gasteiger partial charge < -0.3 is 4.74 Å². The zero-order chi connectivity index (χ0) is 13.2. The summed E-state index contributed by atoms with van der Waals surface area (Å²) in [6.45, 7) is 4.09. The van der Waals surface area contributed by atoms with Crippen LogP contribution in [0.4, 0.5) is 0 Å². The molecule has 1 aliphatic heterocycles. The van der Waals surface area contributed by atoms with E-state index in [1.807, 2.05) is 6.92 Å². The van der Waals surface area contributed by atoms with Crippen molar-refractivity contribution in [2.24, 2.45) is 0 Å². The Bertz CT molecular complexity index is 492. The maximum absolute atomic E-state index is 11.9. The normalized spacial score (nSPS) is 23.0. The summed E-state index contributed by atoms with van der Waals surface area (Å²) in [5.74, 6) is 0. The molecule has 1 aromatic rings. The average Bonchev–Trinajstić information content (AvgIpc) is 3.06. The van der Waals surface area contributed by atoms with E-state index in [0.717, 1.165) is 18.4 Å². The lowest BCUT2D eigenvalue weighted by Crippen LogP contribution is -2.12. The SMILES string of the molecule is CCC[C@H]1OC1COS(=O)(=O)c1ccc(C)cc1. The van der Waals surface area contributed by atoms with Gasteiger partial charge in [-0.15, -0.1) is 0 Å². The van der Waals surface area contributed by atoms with Crippen LogP contribution in [0, 0.1) is 6.92 Å². The molecule has 0 spiro atoms. The molecule has 2 rings (SSSR count).